The second kappa shape index (κ2) is 6.44. The van der Waals surface area contributed by atoms with E-state index < -0.39 is 0 Å². The predicted octanol–water partition coefficient (Wildman–Crippen LogP) is 4.95. The fourth-order valence-electron chi connectivity index (χ4n) is 2.02. The highest BCUT2D eigenvalue weighted by Gasteiger charge is 2.19. The lowest BCUT2D eigenvalue weighted by molar-refractivity contribution is 0.399. The zero-order chi connectivity index (χ0) is 13.0. The molecule has 0 fully saturated rings. The first kappa shape index (κ1) is 14.6. The molecule has 0 radical (unpaired) electrons. The molecule has 17 heavy (non-hydrogen) atoms. The number of alkyl halides is 1. The van der Waals surface area contributed by atoms with Crippen LogP contribution in [-0.2, 0) is 0 Å². The lowest BCUT2D eigenvalue weighted by Gasteiger charge is -2.22. The molecule has 1 aromatic rings. The summed E-state index contributed by atoms with van der Waals surface area (Å²) < 4.78 is 5.49. The highest BCUT2D eigenvalue weighted by molar-refractivity contribution is 9.09. The summed E-state index contributed by atoms with van der Waals surface area (Å²) in [4.78, 5) is 0. The van der Waals surface area contributed by atoms with Crippen LogP contribution in [0.2, 0.25) is 0 Å². The van der Waals surface area contributed by atoms with E-state index in [4.69, 9.17) is 4.74 Å². The molecule has 0 aliphatic carbocycles. The van der Waals surface area contributed by atoms with E-state index in [-0.39, 0.29) is 0 Å². The Bertz CT molecular complexity index is 358. The third kappa shape index (κ3) is 3.48. The molecule has 0 saturated carbocycles. The Balaban J connectivity index is 3.21. The fourth-order valence-corrected chi connectivity index (χ4v) is 3.12. The normalized spacial score (nSPS) is 13.2. The van der Waals surface area contributed by atoms with Crippen molar-refractivity contribution in [2.75, 3.05) is 12.4 Å². The van der Waals surface area contributed by atoms with Crippen molar-refractivity contribution < 1.29 is 4.74 Å². The molecule has 0 aromatic heterocycles. The molecule has 0 aliphatic rings. The van der Waals surface area contributed by atoms with Gasteiger partial charge in [-0.1, -0.05) is 55.8 Å². The number of benzene rings is 1. The first-order valence-corrected chi connectivity index (χ1v) is 7.37. The predicted molar refractivity (Wildman–Crippen MR) is 78.5 cm³/mol. The van der Waals surface area contributed by atoms with E-state index >= 15 is 0 Å². The van der Waals surface area contributed by atoms with Gasteiger partial charge in [0.05, 0.1) is 7.11 Å². The Morgan fingerprint density at radius 3 is 2.24 bits per heavy atom. The van der Waals surface area contributed by atoms with Gasteiger partial charge in [0, 0.05) is 5.33 Å². The molecule has 0 bridgehead atoms. The molecule has 0 spiro atoms. The van der Waals surface area contributed by atoms with Gasteiger partial charge in [0.25, 0.3) is 0 Å². The van der Waals surface area contributed by atoms with Gasteiger partial charge in [0.2, 0.25) is 0 Å². The zero-order valence-electron chi connectivity index (χ0n) is 11.5. The van der Waals surface area contributed by atoms with Crippen molar-refractivity contribution in [3.63, 3.8) is 0 Å². The maximum Gasteiger partial charge on any atom is 0.122 e. The molecule has 1 unspecified atom stereocenters. The van der Waals surface area contributed by atoms with Crippen LogP contribution in [0.5, 0.6) is 5.75 Å². The summed E-state index contributed by atoms with van der Waals surface area (Å²) in [5.74, 6) is 2.67. The van der Waals surface area contributed by atoms with Crippen LogP contribution in [-0.4, -0.2) is 12.4 Å². The van der Waals surface area contributed by atoms with Crippen LogP contribution < -0.4 is 4.74 Å². The van der Waals surface area contributed by atoms with Gasteiger partial charge in [0.1, 0.15) is 5.75 Å². The van der Waals surface area contributed by atoms with Crippen LogP contribution in [0.3, 0.4) is 0 Å². The topological polar surface area (TPSA) is 9.23 Å². The van der Waals surface area contributed by atoms with Crippen LogP contribution >= 0.6 is 15.9 Å². The zero-order valence-corrected chi connectivity index (χ0v) is 13.0. The smallest absolute Gasteiger partial charge is 0.122 e. The third-order valence-corrected chi connectivity index (χ3v) is 3.99. The minimum Gasteiger partial charge on any atom is -0.496 e. The van der Waals surface area contributed by atoms with Crippen LogP contribution in [0.4, 0.5) is 0 Å². The Hall–Kier alpha value is -0.500. The molecule has 1 rings (SSSR count). The minimum atomic E-state index is 0.503. The SMILES string of the molecule is COc1ccc(C(C)C)cc1C(CBr)C(C)C. The Morgan fingerprint density at radius 2 is 1.82 bits per heavy atom. The molecule has 1 atom stereocenters. The molecule has 1 nitrogen and oxygen atoms in total. The molecular weight excluding hydrogens is 276 g/mol. The van der Waals surface area contributed by atoms with E-state index in [0.717, 1.165) is 11.1 Å². The average Bonchev–Trinajstić information content (AvgIpc) is 2.29. The molecule has 2 heteroatoms. The van der Waals surface area contributed by atoms with E-state index in [1.165, 1.54) is 11.1 Å². The Morgan fingerprint density at radius 1 is 1.18 bits per heavy atom. The van der Waals surface area contributed by atoms with Gasteiger partial charge in [-0.05, 0) is 34.9 Å². The van der Waals surface area contributed by atoms with Gasteiger partial charge < -0.3 is 4.74 Å². The molecule has 0 saturated heterocycles. The maximum absolute atomic E-state index is 5.49. The van der Waals surface area contributed by atoms with E-state index in [0.29, 0.717) is 17.8 Å². The van der Waals surface area contributed by atoms with Crippen molar-refractivity contribution in [3.8, 4) is 5.75 Å². The van der Waals surface area contributed by atoms with E-state index in [2.05, 4.69) is 61.8 Å². The van der Waals surface area contributed by atoms with E-state index in [1.54, 1.807) is 7.11 Å². The van der Waals surface area contributed by atoms with Crippen molar-refractivity contribution in [1.82, 2.24) is 0 Å². The van der Waals surface area contributed by atoms with Gasteiger partial charge >= 0.3 is 0 Å². The van der Waals surface area contributed by atoms with Gasteiger partial charge in [0.15, 0.2) is 0 Å². The number of halogens is 1. The number of hydrogen-bond acceptors (Lipinski definition) is 1. The number of rotatable bonds is 5. The minimum absolute atomic E-state index is 0.503. The van der Waals surface area contributed by atoms with Crippen molar-refractivity contribution in [2.24, 2.45) is 5.92 Å². The molecule has 0 aliphatic heterocycles. The van der Waals surface area contributed by atoms with Crippen LogP contribution in [0.15, 0.2) is 18.2 Å². The van der Waals surface area contributed by atoms with Crippen molar-refractivity contribution >= 4 is 15.9 Å². The van der Waals surface area contributed by atoms with Gasteiger partial charge in [-0.25, -0.2) is 0 Å². The van der Waals surface area contributed by atoms with Crippen LogP contribution in [0.25, 0.3) is 0 Å². The maximum atomic E-state index is 5.49. The van der Waals surface area contributed by atoms with Crippen molar-refractivity contribution in [1.29, 1.82) is 0 Å². The summed E-state index contributed by atoms with van der Waals surface area (Å²) in [5.41, 5.74) is 2.71. The molecule has 0 heterocycles. The van der Waals surface area contributed by atoms with Crippen molar-refractivity contribution in [2.45, 2.75) is 39.5 Å². The number of ether oxygens (including phenoxy) is 1. The monoisotopic (exact) mass is 298 g/mol. The quantitative estimate of drug-likeness (QED) is 0.699. The van der Waals surface area contributed by atoms with Crippen LogP contribution in [0, 0.1) is 5.92 Å². The fraction of sp³-hybridized carbons (Fsp3) is 0.600. The summed E-state index contributed by atoms with van der Waals surface area (Å²) in [6.07, 6.45) is 0. The lowest BCUT2D eigenvalue weighted by Crippen LogP contribution is -2.10. The number of hydrogen-bond donors (Lipinski definition) is 0. The molecule has 0 N–H and O–H groups in total. The molecular formula is C15H23BrO. The van der Waals surface area contributed by atoms with Gasteiger partial charge in [-0.15, -0.1) is 0 Å². The highest BCUT2D eigenvalue weighted by atomic mass is 79.9. The second-order valence-electron chi connectivity index (χ2n) is 5.16. The summed E-state index contributed by atoms with van der Waals surface area (Å²) in [7, 11) is 1.75. The average molecular weight is 299 g/mol. The first-order chi connectivity index (χ1) is 8.01. The van der Waals surface area contributed by atoms with Gasteiger partial charge in [-0.2, -0.15) is 0 Å². The standard InChI is InChI=1S/C15H23BrO/c1-10(2)12-6-7-15(17-5)13(8-12)14(9-16)11(3)4/h6-8,10-11,14H,9H2,1-5H3. The Kier molecular flexibility index (Phi) is 5.51. The molecule has 1 aromatic carbocycles. The van der Waals surface area contributed by atoms with Gasteiger partial charge in [-0.3, -0.25) is 0 Å². The largest absolute Gasteiger partial charge is 0.496 e. The Labute approximate surface area is 114 Å². The summed E-state index contributed by atoms with van der Waals surface area (Å²) in [5, 5.41) is 0.975. The van der Waals surface area contributed by atoms with Crippen molar-refractivity contribution in [3.05, 3.63) is 29.3 Å². The van der Waals surface area contributed by atoms with E-state index in [1.807, 2.05) is 0 Å². The summed E-state index contributed by atoms with van der Waals surface area (Å²) >= 11 is 3.62. The molecule has 96 valence electrons. The number of methoxy groups -OCH3 is 1. The lowest BCUT2D eigenvalue weighted by atomic mass is 9.87. The summed E-state index contributed by atoms with van der Waals surface area (Å²) in [6.45, 7) is 8.97. The second-order valence-corrected chi connectivity index (χ2v) is 5.81. The molecule has 0 amide bonds. The summed E-state index contributed by atoms with van der Waals surface area (Å²) in [6, 6.07) is 6.57. The highest BCUT2D eigenvalue weighted by Crippen LogP contribution is 2.35. The third-order valence-electron chi connectivity index (χ3n) is 3.29. The van der Waals surface area contributed by atoms with E-state index in [9.17, 15) is 0 Å². The first-order valence-electron chi connectivity index (χ1n) is 6.25. The van der Waals surface area contributed by atoms with Crippen LogP contribution in [0.1, 0.15) is 50.7 Å².